The van der Waals surface area contributed by atoms with Crippen LogP contribution in [0.5, 0.6) is 0 Å². The highest BCUT2D eigenvalue weighted by atomic mass is 16.1. The van der Waals surface area contributed by atoms with Crippen molar-refractivity contribution < 1.29 is 4.79 Å². The summed E-state index contributed by atoms with van der Waals surface area (Å²) >= 11 is 0. The van der Waals surface area contributed by atoms with Crippen LogP contribution in [0.4, 0.5) is 5.95 Å². The number of nitrogens with zero attached hydrogens (tertiary/aromatic N) is 3. The van der Waals surface area contributed by atoms with Crippen LogP contribution in [0.15, 0.2) is 6.07 Å². The highest BCUT2D eigenvalue weighted by Crippen LogP contribution is 2.23. The molecule has 0 N–H and O–H groups in total. The molecule has 2 rings (SSSR count). The molecule has 18 heavy (non-hydrogen) atoms. The molecule has 0 radical (unpaired) electrons. The predicted molar refractivity (Wildman–Crippen MR) is 71.9 cm³/mol. The van der Waals surface area contributed by atoms with Crippen molar-refractivity contribution in [1.29, 1.82) is 0 Å². The van der Waals surface area contributed by atoms with Gasteiger partial charge in [-0.05, 0) is 38.2 Å². The molecule has 1 aliphatic rings. The standard InChI is InChI=1S/C14H21N3O/c1-10(2)13-8-11(3)15-14(16-13)17-7-5-4-6-12(17)9-18/h8-10,12H,4-7H2,1-3H3. The van der Waals surface area contributed by atoms with Gasteiger partial charge in [0.25, 0.3) is 0 Å². The van der Waals surface area contributed by atoms with Gasteiger partial charge in [-0.15, -0.1) is 0 Å². The Hall–Kier alpha value is -1.45. The Morgan fingerprint density at radius 3 is 2.83 bits per heavy atom. The minimum Gasteiger partial charge on any atom is -0.331 e. The van der Waals surface area contributed by atoms with Crippen LogP contribution in [-0.2, 0) is 4.79 Å². The van der Waals surface area contributed by atoms with E-state index in [1.54, 1.807) is 0 Å². The molecule has 4 nitrogen and oxygen atoms in total. The van der Waals surface area contributed by atoms with E-state index in [1.807, 2.05) is 13.0 Å². The summed E-state index contributed by atoms with van der Waals surface area (Å²) < 4.78 is 0. The lowest BCUT2D eigenvalue weighted by Gasteiger charge is -2.32. The summed E-state index contributed by atoms with van der Waals surface area (Å²) in [6, 6.07) is 1.97. The van der Waals surface area contributed by atoms with E-state index in [1.165, 1.54) is 0 Å². The van der Waals surface area contributed by atoms with Gasteiger partial charge in [-0.2, -0.15) is 0 Å². The quantitative estimate of drug-likeness (QED) is 0.770. The molecule has 0 aromatic carbocycles. The van der Waals surface area contributed by atoms with Gasteiger partial charge in [0.15, 0.2) is 0 Å². The van der Waals surface area contributed by atoms with Crippen molar-refractivity contribution in [2.75, 3.05) is 11.4 Å². The molecule has 0 saturated carbocycles. The third-order valence-corrected chi connectivity index (χ3v) is 3.42. The van der Waals surface area contributed by atoms with Gasteiger partial charge in [-0.3, -0.25) is 0 Å². The summed E-state index contributed by atoms with van der Waals surface area (Å²) in [4.78, 5) is 22.3. The fourth-order valence-electron chi connectivity index (χ4n) is 2.35. The molecule has 1 atom stereocenters. The fourth-order valence-corrected chi connectivity index (χ4v) is 2.35. The van der Waals surface area contributed by atoms with Gasteiger partial charge in [0.1, 0.15) is 6.29 Å². The van der Waals surface area contributed by atoms with Crippen LogP contribution < -0.4 is 4.90 Å². The Bertz CT molecular complexity index is 431. The lowest BCUT2D eigenvalue weighted by Crippen LogP contribution is -2.41. The van der Waals surface area contributed by atoms with Crippen molar-refractivity contribution >= 4 is 12.2 Å². The first kappa shape index (κ1) is 13.0. The minimum absolute atomic E-state index is 0.0550. The Balaban J connectivity index is 2.33. The lowest BCUT2D eigenvalue weighted by atomic mass is 10.0. The van der Waals surface area contributed by atoms with Crippen LogP contribution >= 0.6 is 0 Å². The predicted octanol–water partition coefficient (Wildman–Crippen LogP) is 2.47. The van der Waals surface area contributed by atoms with Crippen LogP contribution in [0.3, 0.4) is 0 Å². The molecule has 1 unspecified atom stereocenters. The number of hydrogen-bond acceptors (Lipinski definition) is 4. The summed E-state index contributed by atoms with van der Waals surface area (Å²) in [6.07, 6.45) is 4.17. The molecule has 0 aliphatic carbocycles. The molecular formula is C14H21N3O. The zero-order valence-electron chi connectivity index (χ0n) is 11.4. The highest BCUT2D eigenvalue weighted by molar-refractivity contribution is 5.64. The number of hydrogen-bond donors (Lipinski definition) is 0. The summed E-state index contributed by atoms with van der Waals surface area (Å²) in [7, 11) is 0. The van der Waals surface area contributed by atoms with Gasteiger partial charge in [-0.1, -0.05) is 13.8 Å². The number of rotatable bonds is 3. The normalized spacial score (nSPS) is 20.2. The van der Waals surface area contributed by atoms with E-state index in [-0.39, 0.29) is 6.04 Å². The van der Waals surface area contributed by atoms with Crippen LogP contribution in [0.1, 0.15) is 50.4 Å². The van der Waals surface area contributed by atoms with E-state index in [2.05, 4.69) is 28.7 Å². The number of aldehydes is 1. The zero-order chi connectivity index (χ0) is 13.1. The second-order valence-corrected chi connectivity index (χ2v) is 5.28. The maximum Gasteiger partial charge on any atom is 0.226 e. The topological polar surface area (TPSA) is 46.1 Å². The Morgan fingerprint density at radius 2 is 2.17 bits per heavy atom. The van der Waals surface area contributed by atoms with Gasteiger partial charge in [-0.25, -0.2) is 9.97 Å². The van der Waals surface area contributed by atoms with Crippen molar-refractivity contribution in [2.24, 2.45) is 0 Å². The van der Waals surface area contributed by atoms with E-state index >= 15 is 0 Å². The summed E-state index contributed by atoms with van der Waals surface area (Å²) in [5.41, 5.74) is 2.02. The minimum atomic E-state index is -0.0550. The number of aromatic nitrogens is 2. The third kappa shape index (κ3) is 2.68. The number of carbonyl (C=O) groups excluding carboxylic acids is 1. The van der Waals surface area contributed by atoms with Crippen LogP contribution in [0, 0.1) is 6.92 Å². The molecular weight excluding hydrogens is 226 g/mol. The Morgan fingerprint density at radius 1 is 1.39 bits per heavy atom. The molecule has 4 heteroatoms. The van der Waals surface area contributed by atoms with Crippen molar-refractivity contribution in [3.05, 3.63) is 17.5 Å². The molecule has 98 valence electrons. The summed E-state index contributed by atoms with van der Waals surface area (Å²) in [5.74, 6) is 1.10. The molecule has 1 aromatic heterocycles. The van der Waals surface area contributed by atoms with Crippen molar-refractivity contribution in [1.82, 2.24) is 9.97 Å². The average molecular weight is 247 g/mol. The molecule has 1 aromatic rings. The molecule has 1 saturated heterocycles. The first-order valence-corrected chi connectivity index (χ1v) is 6.69. The van der Waals surface area contributed by atoms with Gasteiger partial charge in [0, 0.05) is 17.9 Å². The zero-order valence-corrected chi connectivity index (χ0v) is 11.4. The van der Waals surface area contributed by atoms with Crippen molar-refractivity contribution in [3.63, 3.8) is 0 Å². The van der Waals surface area contributed by atoms with Gasteiger partial charge < -0.3 is 9.69 Å². The molecule has 0 amide bonds. The summed E-state index contributed by atoms with van der Waals surface area (Å²) in [5, 5.41) is 0. The maximum atomic E-state index is 11.2. The molecule has 1 aliphatic heterocycles. The van der Waals surface area contributed by atoms with Crippen molar-refractivity contribution in [2.45, 2.75) is 52.0 Å². The molecule has 0 bridgehead atoms. The SMILES string of the molecule is Cc1cc(C(C)C)nc(N2CCCCC2C=O)n1. The van der Waals surface area contributed by atoms with E-state index in [4.69, 9.17) is 0 Å². The lowest BCUT2D eigenvalue weighted by molar-refractivity contribution is -0.109. The highest BCUT2D eigenvalue weighted by Gasteiger charge is 2.24. The Kier molecular flexibility index (Phi) is 3.94. The third-order valence-electron chi connectivity index (χ3n) is 3.42. The number of aryl methyl sites for hydroxylation is 1. The number of piperidine rings is 1. The summed E-state index contributed by atoms with van der Waals surface area (Å²) in [6.45, 7) is 7.11. The van der Waals surface area contributed by atoms with E-state index < -0.39 is 0 Å². The largest absolute Gasteiger partial charge is 0.331 e. The second-order valence-electron chi connectivity index (χ2n) is 5.28. The molecule has 0 spiro atoms. The van der Waals surface area contributed by atoms with Gasteiger partial charge >= 0.3 is 0 Å². The van der Waals surface area contributed by atoms with E-state index in [9.17, 15) is 4.79 Å². The van der Waals surface area contributed by atoms with Gasteiger partial charge in [0.2, 0.25) is 5.95 Å². The van der Waals surface area contributed by atoms with Crippen LogP contribution in [0.25, 0.3) is 0 Å². The maximum absolute atomic E-state index is 11.2. The number of carbonyl (C=O) groups is 1. The first-order chi connectivity index (χ1) is 8.61. The number of anilines is 1. The average Bonchev–Trinajstić information content (AvgIpc) is 2.38. The Labute approximate surface area is 108 Å². The fraction of sp³-hybridized carbons (Fsp3) is 0.643. The van der Waals surface area contributed by atoms with E-state index in [0.717, 1.165) is 49.4 Å². The smallest absolute Gasteiger partial charge is 0.226 e. The van der Waals surface area contributed by atoms with E-state index in [0.29, 0.717) is 5.92 Å². The van der Waals surface area contributed by atoms with Crippen LogP contribution in [0.2, 0.25) is 0 Å². The van der Waals surface area contributed by atoms with Crippen molar-refractivity contribution in [3.8, 4) is 0 Å². The molecule has 2 heterocycles. The second kappa shape index (κ2) is 5.46. The molecule has 1 fully saturated rings. The first-order valence-electron chi connectivity index (χ1n) is 6.69. The van der Waals surface area contributed by atoms with Gasteiger partial charge in [0.05, 0.1) is 6.04 Å². The van der Waals surface area contributed by atoms with Crippen LogP contribution in [-0.4, -0.2) is 28.8 Å². The monoisotopic (exact) mass is 247 g/mol.